The van der Waals surface area contributed by atoms with Crippen LogP contribution in [0, 0.1) is 45.5 Å². The zero-order chi connectivity index (χ0) is 70.2. The number of aliphatic hydroxyl groups is 5. The minimum absolute atomic E-state index is 0.00951. The van der Waals surface area contributed by atoms with Crippen molar-refractivity contribution in [1.29, 1.82) is 0 Å². The zero-order valence-corrected chi connectivity index (χ0v) is 61.0. The molecule has 2 aliphatic carbocycles. The lowest BCUT2D eigenvalue weighted by Gasteiger charge is -2.48. The molecule has 1 saturated carbocycles. The van der Waals surface area contributed by atoms with Crippen LogP contribution in [0.25, 0.3) is 0 Å². The van der Waals surface area contributed by atoms with Crippen molar-refractivity contribution in [3.8, 4) is 40.9 Å². The van der Waals surface area contributed by atoms with E-state index >= 15 is 0 Å². The lowest BCUT2D eigenvalue weighted by molar-refractivity contribution is -0.340. The number of carbonyl (C=O) groups excluding carboxylic acids is 5. The van der Waals surface area contributed by atoms with Crippen LogP contribution in [0.5, 0.6) is 17.2 Å². The number of ether oxygens (including phenoxy) is 12. The molecule has 6 aliphatic rings. The first kappa shape index (κ1) is 78.5. The van der Waals surface area contributed by atoms with Crippen molar-refractivity contribution in [2.45, 2.75) is 228 Å². The van der Waals surface area contributed by atoms with Crippen LogP contribution in [-0.2, 0) is 61.9 Å². The lowest BCUT2D eigenvalue weighted by atomic mass is 9.68. The number of hydrogen-bond donors (Lipinski definition) is 7. The monoisotopic (exact) mass is 1510 g/mol. The number of hydrogen-bond acceptors (Lipinski definition) is 27. The van der Waals surface area contributed by atoms with Gasteiger partial charge in [0.25, 0.3) is 0 Å². The summed E-state index contributed by atoms with van der Waals surface area (Å²) in [6, 6.07) is -3.08. The molecule has 7 rings (SSSR count). The summed E-state index contributed by atoms with van der Waals surface area (Å²) in [5, 5.41) is 60.1. The number of hydroxylamine groups is 1. The number of carbonyl (C=O) groups is 5. The van der Waals surface area contributed by atoms with Crippen molar-refractivity contribution in [3.05, 3.63) is 38.5 Å². The maximum absolute atomic E-state index is 14.5. The number of aliphatic hydroxyl groups excluding tert-OH is 4. The highest BCUT2D eigenvalue weighted by Crippen LogP contribution is 2.50. The fourth-order valence-corrected chi connectivity index (χ4v) is 16.4. The zero-order valence-electron chi connectivity index (χ0n) is 56.4. The molecule has 1 aromatic carbocycles. The average molecular weight is 1510 g/mol. The van der Waals surface area contributed by atoms with Gasteiger partial charge in [0.15, 0.2) is 41.8 Å². The van der Waals surface area contributed by atoms with Crippen LogP contribution in [0.3, 0.4) is 0 Å². The second-order valence-corrected chi connectivity index (χ2v) is 30.9. The number of Topliss-reactive ketones (excluding diaryl/α,β-unsaturated/α-hetero) is 2. The van der Waals surface area contributed by atoms with E-state index in [0.717, 1.165) is 18.9 Å². The van der Waals surface area contributed by atoms with Gasteiger partial charge < -0.3 is 92.6 Å². The number of allylic oxidation sites excluding steroid dienone is 2. The molecule has 26 nitrogen and oxygen atoms in total. The maximum Gasteiger partial charge on any atom is 0.407 e. The van der Waals surface area contributed by atoms with Crippen LogP contribution in [0.2, 0.25) is 0 Å². The molecule has 0 radical (unpaired) electrons. The molecule has 4 heterocycles. The van der Waals surface area contributed by atoms with Crippen LogP contribution in [0.15, 0.2) is 23.8 Å². The predicted octanol–water partition coefficient (Wildman–Crippen LogP) is 4.69. The Balaban J connectivity index is 1.15. The molecule has 4 saturated heterocycles. The van der Waals surface area contributed by atoms with Gasteiger partial charge >= 0.3 is 6.09 Å². The topological polar surface area (TPSA) is 334 Å². The summed E-state index contributed by atoms with van der Waals surface area (Å²) in [6.07, 6.45) is -14.6. The quantitative estimate of drug-likeness (QED) is 0.0184. The number of rotatable bonds is 24. The lowest BCUT2D eigenvalue weighted by Crippen LogP contribution is -2.66. The van der Waals surface area contributed by atoms with E-state index in [4.69, 9.17) is 61.7 Å². The van der Waals surface area contributed by atoms with Gasteiger partial charge in [-0.3, -0.25) is 24.0 Å². The Morgan fingerprint density at radius 1 is 0.853 bits per heavy atom. The molecule has 5 fully saturated rings. The van der Waals surface area contributed by atoms with Gasteiger partial charge in [-0.1, -0.05) is 83.9 Å². The Morgan fingerprint density at radius 3 is 2.16 bits per heavy atom. The standard InChI is InChI=1S/C65H92IN3O23S3/c1-17-69(35(6)70)37-30-85-43(27-41(37)80-12)90-56-51(75)48(68-92-44-26-38(71)58(34(5)86-44)94-59(77)45-31(2)47(66)54(57(83-15)53(45)81-13)91-60-52(76)55(82-14)50(74)33(4)88-60)32(3)87-61(56)89-40-22-20-18-19-21-24-65(79)28-39(72)49(67-62(78)84-16)46(40)36(65)23-25-93-95-64(10,11)29-42(73)63(7,8)9/h18-19,23,32-34,37-38,40-41,43-44,46,48-52,55-56,58,60-61,68,71,74-76,79H,17,25-30H2,1-16H3,(H,67,78)/b19-18-,36-23+/t32?,33?,34?,37?,38?,40-,41?,43?,44?,46?,48?,49+,50?,51?,52?,55?,56?,58?,60?,61?,65-/m0/s1. The van der Waals surface area contributed by atoms with Crippen LogP contribution in [-0.4, -0.2) is 240 Å². The molecule has 21 atom stereocenters. The van der Waals surface area contributed by atoms with Gasteiger partial charge in [0.05, 0.1) is 91.3 Å². The molecule has 7 N–H and O–H groups in total. The van der Waals surface area contributed by atoms with E-state index in [0.29, 0.717) is 15.7 Å². The molecular weight excluding hydrogens is 1410 g/mol. The Morgan fingerprint density at radius 2 is 1.54 bits per heavy atom. The van der Waals surface area contributed by atoms with E-state index in [9.17, 15) is 49.5 Å². The number of alkyl carbamates (subject to hydrolysis) is 1. The summed E-state index contributed by atoms with van der Waals surface area (Å²) in [7, 11) is 9.57. The molecule has 0 spiro atoms. The van der Waals surface area contributed by atoms with Crippen molar-refractivity contribution < 1.29 is 111 Å². The van der Waals surface area contributed by atoms with E-state index in [1.165, 1.54) is 69.1 Å². The first-order valence-corrected chi connectivity index (χ1v) is 35.6. The fraction of sp³-hybridized carbons (Fsp3) is 0.708. The third kappa shape index (κ3) is 18.6. The molecule has 0 aromatic heterocycles. The smallest absolute Gasteiger partial charge is 0.407 e. The molecule has 18 unspecified atom stereocenters. The minimum atomic E-state index is -2.11. The third-order valence-electron chi connectivity index (χ3n) is 17.4. The third-order valence-corrected chi connectivity index (χ3v) is 23.2. The number of amides is 2. The number of halogens is 1. The number of nitrogens with one attached hydrogen (secondary N) is 2. The highest BCUT2D eigenvalue weighted by atomic mass is 127. The molecule has 30 heteroatoms. The fourth-order valence-electron chi connectivity index (χ4n) is 12.2. The molecule has 2 bridgehead atoms. The highest BCUT2D eigenvalue weighted by molar-refractivity contribution is 14.1. The predicted molar refractivity (Wildman–Crippen MR) is 359 cm³/mol. The number of likely N-dealkylation sites (N-methyl/N-ethyl adjacent to an activating group) is 1. The van der Waals surface area contributed by atoms with Crippen LogP contribution in [0.4, 0.5) is 4.79 Å². The van der Waals surface area contributed by atoms with Gasteiger partial charge in [-0.15, -0.1) is 0 Å². The van der Waals surface area contributed by atoms with Crippen molar-refractivity contribution in [3.63, 3.8) is 0 Å². The van der Waals surface area contributed by atoms with Crippen LogP contribution < -0.4 is 25.0 Å². The van der Waals surface area contributed by atoms with Crippen molar-refractivity contribution in [1.82, 2.24) is 15.7 Å². The number of fused-ring (bicyclic) bond motifs is 2. The number of ketones is 2. The van der Waals surface area contributed by atoms with Gasteiger partial charge in [-0.2, -0.15) is 5.48 Å². The normalized spacial score (nSPS) is 34.9. The van der Waals surface area contributed by atoms with Gasteiger partial charge in [-0.25, -0.2) is 4.79 Å². The van der Waals surface area contributed by atoms with Crippen molar-refractivity contribution in [2.24, 2.45) is 11.3 Å². The second kappa shape index (κ2) is 34.0. The molecular formula is C65H92IN3O23S3. The molecule has 4 aliphatic heterocycles. The van der Waals surface area contributed by atoms with Gasteiger partial charge in [-0.05, 0) is 94.3 Å². The highest BCUT2D eigenvalue weighted by Gasteiger charge is 2.55. The number of thioether (sulfide) groups is 1. The average Bonchev–Trinajstić information content (AvgIpc) is 0.761. The molecule has 95 heavy (non-hydrogen) atoms. The molecule has 530 valence electrons. The number of methoxy groups -OCH3 is 5. The molecule has 1 aromatic rings. The van der Waals surface area contributed by atoms with E-state index in [1.54, 1.807) is 38.7 Å². The van der Waals surface area contributed by atoms with Crippen molar-refractivity contribution in [2.75, 3.05) is 54.5 Å². The Kier molecular flexibility index (Phi) is 28.1. The summed E-state index contributed by atoms with van der Waals surface area (Å²) < 4.78 is 72.7. The van der Waals surface area contributed by atoms with E-state index in [-0.39, 0.29) is 71.7 Å². The Labute approximate surface area is 581 Å². The first-order chi connectivity index (χ1) is 44.8. The van der Waals surface area contributed by atoms with Crippen LogP contribution in [0.1, 0.15) is 111 Å². The van der Waals surface area contributed by atoms with Crippen molar-refractivity contribution >= 4 is 84.6 Å². The maximum atomic E-state index is 14.5. The van der Waals surface area contributed by atoms with Gasteiger partial charge in [0.2, 0.25) is 23.1 Å². The SMILES string of the molecule is CCN(C(C)=O)C1COC(OC2C(O[C@H]3C#C/C=C\C#C[C@]4(O)CC(=O)[C@@H](NC(=O)OC)C3/C4=C\CSSC(C)(C)CC(=O)C(C)(C)C)OC(C)C(NOC3CC(O)C(SC(=O)c4c(C)c(I)c(OC5OC(C)C(O)C(OC)C5O)c(OC)c4OC)C(C)O3)C2O)CC1OC. The largest absolute Gasteiger partial charge is 0.492 e. The van der Waals surface area contributed by atoms with Gasteiger partial charge in [0, 0.05) is 68.8 Å². The van der Waals surface area contributed by atoms with E-state index < -0.39 is 161 Å². The molecule has 2 amide bonds. The summed E-state index contributed by atoms with van der Waals surface area (Å²) in [4.78, 5) is 75.8. The minimum Gasteiger partial charge on any atom is -0.492 e. The number of nitrogens with zero attached hydrogens (tertiary/aromatic N) is 1. The Hall–Kier alpha value is -3.85. The summed E-state index contributed by atoms with van der Waals surface area (Å²) in [5.74, 6) is 9.98. The van der Waals surface area contributed by atoms with E-state index in [1.807, 2.05) is 64.1 Å². The second-order valence-electron chi connectivity index (χ2n) is 25.6. The summed E-state index contributed by atoms with van der Waals surface area (Å²) in [5.41, 5.74) is 0.956. The van der Waals surface area contributed by atoms with Crippen LogP contribution >= 0.6 is 55.9 Å². The summed E-state index contributed by atoms with van der Waals surface area (Å²) in [6.45, 7) is 19.7. The Bertz CT molecular complexity index is 3080. The van der Waals surface area contributed by atoms with E-state index in [2.05, 4.69) is 34.5 Å². The van der Waals surface area contributed by atoms with Gasteiger partial charge in [0.1, 0.15) is 48.4 Å². The number of benzene rings is 1. The summed E-state index contributed by atoms with van der Waals surface area (Å²) >= 11 is 2.80. The first-order valence-electron chi connectivity index (χ1n) is 31.3.